The van der Waals surface area contributed by atoms with E-state index >= 15 is 0 Å². The number of imide groups is 1. The van der Waals surface area contributed by atoms with Crippen LogP contribution in [-0.2, 0) is 9.59 Å². The van der Waals surface area contributed by atoms with Crippen molar-refractivity contribution in [1.29, 1.82) is 0 Å². The minimum Gasteiger partial charge on any atom is -0.295 e. The van der Waals surface area contributed by atoms with Gasteiger partial charge < -0.3 is 0 Å². The van der Waals surface area contributed by atoms with Crippen molar-refractivity contribution in [2.75, 3.05) is 0 Å². The van der Waals surface area contributed by atoms with Crippen LogP contribution in [0.1, 0.15) is 31.1 Å². The van der Waals surface area contributed by atoms with E-state index in [0.717, 1.165) is 0 Å². The summed E-state index contributed by atoms with van der Waals surface area (Å²) in [4.78, 5) is 40.7. The molecule has 0 bridgehead atoms. The molecule has 0 radical (unpaired) electrons. The second kappa shape index (κ2) is 5.53. The molecule has 1 aliphatic heterocycles. The van der Waals surface area contributed by atoms with Gasteiger partial charge in [0.25, 0.3) is 5.56 Å². The highest BCUT2D eigenvalue weighted by atomic mass is 35.5. The molecule has 0 aliphatic carbocycles. The normalized spacial score (nSPS) is 19.1. The Kier molecular flexibility index (Phi) is 3.70. The van der Waals surface area contributed by atoms with Crippen LogP contribution in [0.2, 0.25) is 5.02 Å². The molecular weight excluding hydrogens is 306 g/mol. The van der Waals surface area contributed by atoms with Crippen molar-refractivity contribution in [3.8, 4) is 0 Å². The molecule has 3 rings (SSSR count). The maximum atomic E-state index is 12.7. The number of aryl methyl sites for hydroxylation is 1. The van der Waals surface area contributed by atoms with E-state index in [4.69, 9.17) is 11.6 Å². The summed E-state index contributed by atoms with van der Waals surface area (Å²) in [5.74, 6) is -0.369. The van der Waals surface area contributed by atoms with Gasteiger partial charge in [0.1, 0.15) is 11.9 Å². The number of nitrogens with one attached hydrogen (secondary N) is 1. The Morgan fingerprint density at radius 1 is 1.32 bits per heavy atom. The van der Waals surface area contributed by atoms with E-state index in [2.05, 4.69) is 10.3 Å². The van der Waals surface area contributed by atoms with Gasteiger partial charge in [0.15, 0.2) is 0 Å². The summed E-state index contributed by atoms with van der Waals surface area (Å²) in [5, 5.41) is 3.07. The van der Waals surface area contributed by atoms with Gasteiger partial charge >= 0.3 is 0 Å². The number of nitrogens with zero attached hydrogens (tertiary/aromatic N) is 2. The standard InChI is InChI=1S/C15H14ClN3O3/c1-8-17-13-9(4-2-5-10(13)16)15(22)19(8)11-6-3-7-12(20)18-14(11)21/h2,4-5,11H,3,6-7H2,1H3,(H,18,20,21). The Bertz CT molecular complexity index is 844. The van der Waals surface area contributed by atoms with Gasteiger partial charge in [-0.3, -0.25) is 24.3 Å². The van der Waals surface area contributed by atoms with Crippen LogP contribution in [0.3, 0.4) is 0 Å². The molecule has 1 unspecified atom stereocenters. The zero-order valence-electron chi connectivity index (χ0n) is 11.9. The number of hydrogen-bond acceptors (Lipinski definition) is 4. The van der Waals surface area contributed by atoms with Gasteiger partial charge in [0.05, 0.1) is 15.9 Å². The van der Waals surface area contributed by atoms with Crippen LogP contribution in [0.25, 0.3) is 10.9 Å². The highest BCUT2D eigenvalue weighted by molar-refractivity contribution is 6.34. The average Bonchev–Trinajstić information content (AvgIpc) is 2.62. The number of para-hydroxylation sites is 1. The van der Waals surface area contributed by atoms with E-state index in [1.54, 1.807) is 25.1 Å². The highest BCUT2D eigenvalue weighted by Crippen LogP contribution is 2.23. The number of benzene rings is 1. The first-order valence-electron chi connectivity index (χ1n) is 7.00. The lowest BCUT2D eigenvalue weighted by molar-refractivity contribution is -0.131. The van der Waals surface area contributed by atoms with Crippen molar-refractivity contribution in [3.05, 3.63) is 39.4 Å². The van der Waals surface area contributed by atoms with Gasteiger partial charge in [0, 0.05) is 6.42 Å². The van der Waals surface area contributed by atoms with Gasteiger partial charge in [-0.25, -0.2) is 4.98 Å². The van der Waals surface area contributed by atoms with Crippen molar-refractivity contribution >= 4 is 34.3 Å². The van der Waals surface area contributed by atoms with Gasteiger partial charge in [-0.05, 0) is 31.9 Å². The van der Waals surface area contributed by atoms with E-state index in [9.17, 15) is 14.4 Å². The highest BCUT2D eigenvalue weighted by Gasteiger charge is 2.28. The van der Waals surface area contributed by atoms with E-state index in [1.807, 2.05) is 0 Å². The number of rotatable bonds is 1. The van der Waals surface area contributed by atoms with Gasteiger partial charge in [-0.1, -0.05) is 17.7 Å². The number of fused-ring (bicyclic) bond motifs is 1. The summed E-state index contributed by atoms with van der Waals surface area (Å²) < 4.78 is 1.35. The summed E-state index contributed by atoms with van der Waals surface area (Å²) in [7, 11) is 0. The molecule has 1 fully saturated rings. The van der Waals surface area contributed by atoms with Crippen molar-refractivity contribution in [2.45, 2.75) is 32.2 Å². The third-order valence-corrected chi connectivity index (χ3v) is 4.12. The summed E-state index contributed by atoms with van der Waals surface area (Å²) in [6.07, 6.45) is 1.25. The SMILES string of the molecule is Cc1nc2c(Cl)cccc2c(=O)n1C1CCCC(=O)NC1=O. The summed E-state index contributed by atoms with van der Waals surface area (Å²) in [6.45, 7) is 1.66. The minimum atomic E-state index is -0.727. The molecule has 7 heteroatoms. The predicted molar refractivity (Wildman–Crippen MR) is 81.8 cm³/mol. The zero-order chi connectivity index (χ0) is 15.9. The van der Waals surface area contributed by atoms with Gasteiger partial charge in [-0.2, -0.15) is 0 Å². The maximum Gasteiger partial charge on any atom is 0.262 e. The molecule has 1 aromatic heterocycles. The number of carbonyl (C=O) groups excluding carboxylic acids is 2. The zero-order valence-corrected chi connectivity index (χ0v) is 12.7. The summed E-state index contributed by atoms with van der Waals surface area (Å²) >= 11 is 6.08. The Morgan fingerprint density at radius 3 is 2.86 bits per heavy atom. The number of hydrogen-bond donors (Lipinski definition) is 1. The van der Waals surface area contributed by atoms with Gasteiger partial charge in [0.2, 0.25) is 11.8 Å². The molecule has 2 heterocycles. The molecular formula is C15H14ClN3O3. The maximum absolute atomic E-state index is 12.7. The molecule has 1 atom stereocenters. The smallest absolute Gasteiger partial charge is 0.262 e. The van der Waals surface area contributed by atoms with Crippen LogP contribution in [0.4, 0.5) is 0 Å². The Hall–Kier alpha value is -2.21. The van der Waals surface area contributed by atoms with Crippen molar-refractivity contribution in [2.24, 2.45) is 0 Å². The molecule has 2 amide bonds. The van der Waals surface area contributed by atoms with E-state index in [1.165, 1.54) is 4.57 Å². The van der Waals surface area contributed by atoms with E-state index in [0.29, 0.717) is 34.6 Å². The Morgan fingerprint density at radius 2 is 2.09 bits per heavy atom. The Labute approximate surface area is 131 Å². The number of carbonyl (C=O) groups is 2. The number of amides is 2. The number of aromatic nitrogens is 2. The summed E-state index contributed by atoms with van der Waals surface area (Å²) in [5.41, 5.74) is 0.104. The van der Waals surface area contributed by atoms with Crippen LogP contribution in [0.5, 0.6) is 0 Å². The first-order valence-corrected chi connectivity index (χ1v) is 7.38. The lowest BCUT2D eigenvalue weighted by Crippen LogP contribution is -2.39. The Balaban J connectivity index is 2.21. The molecule has 1 aliphatic rings. The lowest BCUT2D eigenvalue weighted by Gasteiger charge is -2.19. The third kappa shape index (κ3) is 2.39. The van der Waals surface area contributed by atoms with Crippen LogP contribution in [-0.4, -0.2) is 21.4 Å². The monoisotopic (exact) mass is 319 g/mol. The number of halogens is 1. The lowest BCUT2D eigenvalue weighted by atomic mass is 10.1. The first kappa shape index (κ1) is 14.7. The van der Waals surface area contributed by atoms with E-state index in [-0.39, 0.29) is 17.9 Å². The van der Waals surface area contributed by atoms with E-state index < -0.39 is 11.9 Å². The molecule has 6 nitrogen and oxygen atoms in total. The molecule has 1 N–H and O–H groups in total. The van der Waals surface area contributed by atoms with Crippen LogP contribution >= 0.6 is 11.6 Å². The van der Waals surface area contributed by atoms with Crippen molar-refractivity contribution < 1.29 is 9.59 Å². The minimum absolute atomic E-state index is 0.281. The fourth-order valence-corrected chi connectivity index (χ4v) is 2.99. The van der Waals surface area contributed by atoms with Gasteiger partial charge in [-0.15, -0.1) is 0 Å². The molecule has 0 saturated carbocycles. The van der Waals surface area contributed by atoms with Crippen molar-refractivity contribution in [1.82, 2.24) is 14.9 Å². The molecule has 1 saturated heterocycles. The van der Waals surface area contributed by atoms with Crippen LogP contribution in [0, 0.1) is 6.92 Å². The molecule has 22 heavy (non-hydrogen) atoms. The fourth-order valence-electron chi connectivity index (χ4n) is 2.78. The van der Waals surface area contributed by atoms with Crippen LogP contribution in [0.15, 0.2) is 23.0 Å². The fraction of sp³-hybridized carbons (Fsp3) is 0.333. The second-order valence-electron chi connectivity index (χ2n) is 5.29. The summed E-state index contributed by atoms with van der Waals surface area (Å²) in [6, 6.07) is 4.24. The average molecular weight is 320 g/mol. The first-order chi connectivity index (χ1) is 10.5. The predicted octanol–water partition coefficient (Wildman–Crippen LogP) is 1.73. The topological polar surface area (TPSA) is 81.1 Å². The van der Waals surface area contributed by atoms with Crippen molar-refractivity contribution in [3.63, 3.8) is 0 Å². The second-order valence-corrected chi connectivity index (χ2v) is 5.70. The largest absolute Gasteiger partial charge is 0.295 e. The molecule has 2 aromatic rings. The molecule has 114 valence electrons. The molecule has 0 spiro atoms. The third-order valence-electron chi connectivity index (χ3n) is 3.82. The molecule has 1 aromatic carbocycles. The quantitative estimate of drug-likeness (QED) is 0.812. The van der Waals surface area contributed by atoms with Crippen LogP contribution < -0.4 is 10.9 Å².